The predicted molar refractivity (Wildman–Crippen MR) is 153 cm³/mol. The van der Waals surface area contributed by atoms with Crippen molar-refractivity contribution in [3.05, 3.63) is 108 Å². The summed E-state index contributed by atoms with van der Waals surface area (Å²) in [6, 6.07) is 27.9. The highest BCUT2D eigenvalue weighted by Crippen LogP contribution is 2.32. The highest BCUT2D eigenvalue weighted by Gasteiger charge is 2.23. The van der Waals surface area contributed by atoms with E-state index in [1.54, 1.807) is 0 Å². The summed E-state index contributed by atoms with van der Waals surface area (Å²) in [5, 5.41) is 8.33. The van der Waals surface area contributed by atoms with Gasteiger partial charge in [-0.3, -0.25) is 4.79 Å². The maximum atomic E-state index is 12.6. The molecule has 4 aromatic rings. The van der Waals surface area contributed by atoms with Crippen molar-refractivity contribution in [3.63, 3.8) is 0 Å². The second-order valence-corrected chi connectivity index (χ2v) is 9.62. The van der Waals surface area contributed by atoms with E-state index in [1.165, 1.54) is 11.1 Å². The third kappa shape index (κ3) is 6.32. The summed E-state index contributed by atoms with van der Waals surface area (Å²) in [4.78, 5) is 12.6. The molecule has 0 radical (unpaired) electrons. The third-order valence-electron chi connectivity index (χ3n) is 6.87. The number of hydrogen-bond donors (Lipinski definition) is 2. The van der Waals surface area contributed by atoms with Crippen molar-refractivity contribution in [2.24, 2.45) is 5.73 Å². The summed E-state index contributed by atoms with van der Waals surface area (Å²) in [5.74, 6) is 1.71. The van der Waals surface area contributed by atoms with Gasteiger partial charge in [-0.25, -0.2) is 4.68 Å². The van der Waals surface area contributed by atoms with Gasteiger partial charge in [0, 0.05) is 18.7 Å². The lowest BCUT2D eigenvalue weighted by atomic mass is 9.99. The molecule has 0 atom stereocenters. The molecular formula is C32H34N4O2. The number of carbonyl (C=O) groups excluding carboxylic acids is 1. The van der Waals surface area contributed by atoms with Crippen molar-refractivity contribution in [1.29, 1.82) is 0 Å². The van der Waals surface area contributed by atoms with Crippen molar-refractivity contribution in [1.82, 2.24) is 9.78 Å². The molecule has 3 aromatic carbocycles. The molecule has 38 heavy (non-hydrogen) atoms. The molecule has 5 rings (SSSR count). The summed E-state index contributed by atoms with van der Waals surface area (Å²) in [5.41, 5.74) is 10.6. The van der Waals surface area contributed by atoms with Gasteiger partial charge in [0.2, 0.25) is 0 Å². The van der Waals surface area contributed by atoms with Crippen molar-refractivity contribution >= 4 is 11.7 Å². The number of para-hydroxylation sites is 1. The number of aryl methyl sites for hydroxylation is 2. The van der Waals surface area contributed by atoms with Crippen LogP contribution in [-0.2, 0) is 13.0 Å². The predicted octanol–water partition coefficient (Wildman–Crippen LogP) is 6.99. The maximum Gasteiger partial charge on any atom is 0.254 e. The number of amides is 1. The van der Waals surface area contributed by atoms with Crippen LogP contribution < -0.4 is 15.8 Å². The third-order valence-corrected chi connectivity index (χ3v) is 6.87. The van der Waals surface area contributed by atoms with Crippen LogP contribution in [0, 0.1) is 0 Å². The molecule has 1 aliphatic heterocycles. The van der Waals surface area contributed by atoms with Gasteiger partial charge >= 0.3 is 0 Å². The largest absolute Gasteiger partial charge is 0.457 e. The Balaban J connectivity index is 1.36. The lowest BCUT2D eigenvalue weighted by Gasteiger charge is -2.10. The van der Waals surface area contributed by atoms with Gasteiger partial charge in [0.05, 0.1) is 0 Å². The van der Waals surface area contributed by atoms with E-state index >= 15 is 0 Å². The molecule has 0 unspecified atom stereocenters. The molecule has 0 fully saturated rings. The fourth-order valence-electron chi connectivity index (χ4n) is 4.90. The van der Waals surface area contributed by atoms with E-state index in [1.807, 2.05) is 59.3 Å². The van der Waals surface area contributed by atoms with Crippen LogP contribution in [0.25, 0.3) is 11.3 Å². The number of aromatic nitrogens is 2. The Morgan fingerprint density at radius 1 is 0.895 bits per heavy atom. The van der Waals surface area contributed by atoms with Gasteiger partial charge in [0.1, 0.15) is 28.6 Å². The number of nitrogens with one attached hydrogen (secondary N) is 1. The molecule has 0 aliphatic carbocycles. The van der Waals surface area contributed by atoms with Crippen molar-refractivity contribution in [2.75, 3.05) is 11.9 Å². The zero-order chi connectivity index (χ0) is 26.2. The first-order valence-corrected chi connectivity index (χ1v) is 13.4. The van der Waals surface area contributed by atoms with Crippen LogP contribution >= 0.6 is 0 Å². The Labute approximate surface area is 224 Å². The Morgan fingerprint density at radius 2 is 1.61 bits per heavy atom. The zero-order valence-electron chi connectivity index (χ0n) is 21.6. The Kier molecular flexibility index (Phi) is 8.19. The van der Waals surface area contributed by atoms with E-state index in [-0.39, 0.29) is 0 Å². The summed E-state index contributed by atoms with van der Waals surface area (Å²) in [6.07, 6.45) is 8.54. The number of benzene rings is 3. The molecule has 0 spiro atoms. The molecule has 194 valence electrons. The number of nitrogens with zero attached hydrogens (tertiary/aromatic N) is 2. The van der Waals surface area contributed by atoms with Gasteiger partial charge in [-0.2, -0.15) is 5.10 Å². The minimum atomic E-state index is -0.479. The number of fused-ring (bicyclic) bond motifs is 1. The van der Waals surface area contributed by atoms with E-state index in [9.17, 15) is 4.79 Å². The maximum absolute atomic E-state index is 12.6. The van der Waals surface area contributed by atoms with Crippen LogP contribution in [-0.4, -0.2) is 22.2 Å². The Morgan fingerprint density at radius 3 is 2.34 bits per heavy atom. The van der Waals surface area contributed by atoms with Crippen LogP contribution in [0.3, 0.4) is 0 Å². The SMILES string of the molecule is NC(=O)c1c(-c2ccc(Oc3ccccc3)cc2)nn2c1NCCCCC(CCc1ccccc1)=CCC2. The lowest BCUT2D eigenvalue weighted by molar-refractivity contribution is 0.100. The summed E-state index contributed by atoms with van der Waals surface area (Å²) in [6.45, 7) is 1.44. The molecule has 0 bridgehead atoms. The van der Waals surface area contributed by atoms with Crippen LogP contribution in [0.15, 0.2) is 96.6 Å². The molecule has 2 heterocycles. The van der Waals surface area contributed by atoms with Crippen molar-refractivity contribution in [3.8, 4) is 22.8 Å². The second-order valence-electron chi connectivity index (χ2n) is 9.62. The highest BCUT2D eigenvalue weighted by molar-refractivity contribution is 6.03. The molecule has 1 aromatic heterocycles. The number of ether oxygens (including phenoxy) is 1. The molecule has 1 aliphatic rings. The minimum Gasteiger partial charge on any atom is -0.457 e. The summed E-state index contributed by atoms with van der Waals surface area (Å²) in [7, 11) is 0. The van der Waals surface area contributed by atoms with E-state index in [0.29, 0.717) is 29.4 Å². The fraction of sp³-hybridized carbons (Fsp3) is 0.250. The van der Waals surface area contributed by atoms with Gasteiger partial charge in [0.25, 0.3) is 5.91 Å². The molecule has 0 saturated carbocycles. The quantitative estimate of drug-likeness (QED) is 0.265. The first-order chi connectivity index (χ1) is 18.7. The summed E-state index contributed by atoms with van der Waals surface area (Å²) < 4.78 is 7.83. The van der Waals surface area contributed by atoms with Gasteiger partial charge < -0.3 is 15.8 Å². The number of primary amides is 1. The molecule has 6 heteroatoms. The summed E-state index contributed by atoms with van der Waals surface area (Å²) >= 11 is 0. The van der Waals surface area contributed by atoms with Crippen molar-refractivity contribution in [2.45, 2.75) is 45.1 Å². The topological polar surface area (TPSA) is 82.2 Å². The first-order valence-electron chi connectivity index (χ1n) is 13.4. The number of carbonyl (C=O) groups is 1. The zero-order valence-corrected chi connectivity index (χ0v) is 21.6. The Hall–Kier alpha value is -4.32. The van der Waals surface area contributed by atoms with Crippen molar-refractivity contribution < 1.29 is 9.53 Å². The van der Waals surface area contributed by atoms with Crippen LogP contribution in [0.5, 0.6) is 11.5 Å². The molecule has 0 saturated heterocycles. The monoisotopic (exact) mass is 506 g/mol. The average molecular weight is 507 g/mol. The average Bonchev–Trinajstić information content (AvgIpc) is 3.29. The second kappa shape index (κ2) is 12.3. The van der Waals surface area contributed by atoms with E-state index in [4.69, 9.17) is 15.6 Å². The van der Waals surface area contributed by atoms with Gasteiger partial charge in [0.15, 0.2) is 0 Å². The van der Waals surface area contributed by atoms with Gasteiger partial charge in [-0.15, -0.1) is 0 Å². The minimum absolute atomic E-state index is 0.439. The molecular weight excluding hydrogens is 472 g/mol. The lowest BCUT2D eigenvalue weighted by Crippen LogP contribution is -2.16. The number of rotatable bonds is 7. The number of nitrogens with two attached hydrogens (primary N) is 1. The normalized spacial score (nSPS) is 13.9. The number of allylic oxidation sites excluding steroid dienone is 2. The van der Waals surface area contributed by atoms with Crippen LogP contribution in [0.2, 0.25) is 0 Å². The van der Waals surface area contributed by atoms with Gasteiger partial charge in [-0.1, -0.05) is 60.2 Å². The smallest absolute Gasteiger partial charge is 0.254 e. The Bertz CT molecular complexity index is 1380. The number of hydrogen-bond acceptors (Lipinski definition) is 4. The van der Waals surface area contributed by atoms with Gasteiger partial charge in [-0.05, 0) is 80.5 Å². The van der Waals surface area contributed by atoms with E-state index < -0.39 is 5.91 Å². The first kappa shape index (κ1) is 25.3. The van der Waals surface area contributed by atoms with E-state index in [2.05, 4.69) is 41.7 Å². The molecule has 6 nitrogen and oxygen atoms in total. The molecule has 3 N–H and O–H groups in total. The number of anilines is 1. The van der Waals surface area contributed by atoms with E-state index in [0.717, 1.165) is 56.4 Å². The highest BCUT2D eigenvalue weighted by atomic mass is 16.5. The fourth-order valence-corrected chi connectivity index (χ4v) is 4.90. The standard InChI is InChI=1S/C32H34N4O2/c33-31(37)29-30(26-18-20-28(21-19-26)38-27-14-5-2-6-15-27)35-36-23-9-13-25(12-7-8-22-34-32(29)36)17-16-24-10-3-1-4-11-24/h1-6,10-11,13-15,18-21,34H,7-9,12,16-17,22-23H2,(H2,33,37). The van der Waals surface area contributed by atoms with Crippen LogP contribution in [0.1, 0.15) is 48.0 Å². The van der Waals surface area contributed by atoms with Crippen LogP contribution in [0.4, 0.5) is 5.82 Å². The molecule has 1 amide bonds.